The predicted octanol–water partition coefficient (Wildman–Crippen LogP) is 2.07. The van der Waals surface area contributed by atoms with Crippen LogP contribution in [0.1, 0.15) is 33.5 Å². The van der Waals surface area contributed by atoms with Crippen molar-refractivity contribution < 1.29 is 4.79 Å². The quantitative estimate of drug-likeness (QED) is 0.371. The Bertz CT molecular complexity index is 702. The van der Waals surface area contributed by atoms with Gasteiger partial charge in [0.2, 0.25) is 0 Å². The van der Waals surface area contributed by atoms with E-state index in [2.05, 4.69) is 0 Å². The number of carbonyl (C=O) groups excluding carboxylic acids is 1. The third-order valence-electron chi connectivity index (χ3n) is 3.42. The van der Waals surface area contributed by atoms with Crippen molar-refractivity contribution in [3.8, 4) is 0 Å². The molecule has 0 heterocycles. The van der Waals surface area contributed by atoms with Crippen molar-refractivity contribution >= 4 is 17.5 Å². The van der Waals surface area contributed by atoms with E-state index in [-0.39, 0.29) is 17.5 Å². The molecule has 5 heteroatoms. The molecule has 0 radical (unpaired) electrons. The van der Waals surface area contributed by atoms with Gasteiger partial charge in [-0.2, -0.15) is 0 Å². The highest BCUT2D eigenvalue weighted by molar-refractivity contribution is 5.99. The molecule has 0 aliphatic heterocycles. The Morgan fingerprint density at radius 1 is 0.773 bits per heavy atom. The minimum atomic E-state index is -0.00967. The predicted molar refractivity (Wildman–Crippen MR) is 87.6 cm³/mol. The minimum absolute atomic E-state index is 0.00967. The second kappa shape index (κ2) is 6.67. The van der Waals surface area contributed by atoms with Gasteiger partial charge in [0.25, 0.3) is 0 Å². The number of aryl methyl sites for hydroxylation is 1. The maximum atomic E-state index is 12.1. The molecule has 6 N–H and O–H groups in total. The van der Waals surface area contributed by atoms with E-state index in [1.54, 1.807) is 36.4 Å². The number of hydrogen-bond acceptors (Lipinski definition) is 3. The van der Waals surface area contributed by atoms with Crippen molar-refractivity contribution in [1.29, 1.82) is 10.8 Å². The second-order valence-electron chi connectivity index (χ2n) is 5.02. The fourth-order valence-corrected chi connectivity index (χ4v) is 2.09. The van der Waals surface area contributed by atoms with E-state index in [1.165, 1.54) is 0 Å². The first-order chi connectivity index (χ1) is 10.5. The molecule has 0 saturated heterocycles. The van der Waals surface area contributed by atoms with E-state index in [4.69, 9.17) is 22.3 Å². The molecule has 0 atom stereocenters. The van der Waals surface area contributed by atoms with E-state index < -0.39 is 0 Å². The molecule has 0 aliphatic rings. The molecule has 0 bridgehead atoms. The normalized spacial score (nSPS) is 10.2. The van der Waals surface area contributed by atoms with E-state index in [9.17, 15) is 4.79 Å². The van der Waals surface area contributed by atoms with Gasteiger partial charge in [-0.25, -0.2) is 0 Å². The number of nitrogens with one attached hydrogen (secondary N) is 2. The van der Waals surface area contributed by atoms with Crippen LogP contribution in [-0.4, -0.2) is 17.5 Å². The summed E-state index contributed by atoms with van der Waals surface area (Å²) in [6, 6.07) is 14.1. The number of amidine groups is 2. The van der Waals surface area contributed by atoms with Crippen LogP contribution in [0.25, 0.3) is 0 Å². The molecule has 5 nitrogen and oxygen atoms in total. The Kier molecular flexibility index (Phi) is 4.68. The highest BCUT2D eigenvalue weighted by Gasteiger charge is 2.07. The van der Waals surface area contributed by atoms with E-state index in [0.717, 1.165) is 5.56 Å². The third kappa shape index (κ3) is 3.79. The van der Waals surface area contributed by atoms with Crippen molar-refractivity contribution in [2.75, 3.05) is 0 Å². The molecule has 112 valence electrons. The molecular weight excluding hydrogens is 276 g/mol. The summed E-state index contributed by atoms with van der Waals surface area (Å²) in [5, 5.41) is 14.7. The summed E-state index contributed by atoms with van der Waals surface area (Å²) in [6.07, 6.45) is 1.03. The van der Waals surface area contributed by atoms with Crippen LogP contribution in [0.3, 0.4) is 0 Å². The van der Waals surface area contributed by atoms with Gasteiger partial charge in [-0.05, 0) is 12.0 Å². The first kappa shape index (κ1) is 15.4. The van der Waals surface area contributed by atoms with Crippen molar-refractivity contribution in [1.82, 2.24) is 0 Å². The number of Topliss-reactive ketones (excluding diaryl/α,β-unsaturated/α-hetero) is 1. The molecule has 0 saturated carbocycles. The largest absolute Gasteiger partial charge is 0.384 e. The standard InChI is InChI=1S/C17H18N4O/c18-16(19)13-4-1-11(2-5-13)3-10-15(22)12-6-8-14(9-7-12)17(20)21/h1-2,4-9H,3,10H2,(H3,18,19)(H3,20,21). The summed E-state index contributed by atoms with van der Waals surface area (Å²) >= 11 is 0. The average Bonchev–Trinajstić information content (AvgIpc) is 2.53. The smallest absolute Gasteiger partial charge is 0.163 e. The second-order valence-corrected chi connectivity index (χ2v) is 5.02. The number of carbonyl (C=O) groups is 1. The number of hydrogen-bond donors (Lipinski definition) is 4. The molecule has 0 spiro atoms. The fraction of sp³-hybridized carbons (Fsp3) is 0.118. The van der Waals surface area contributed by atoms with Crippen LogP contribution >= 0.6 is 0 Å². The summed E-state index contributed by atoms with van der Waals surface area (Å²) in [6.45, 7) is 0. The Labute approximate surface area is 129 Å². The average molecular weight is 294 g/mol. The maximum absolute atomic E-state index is 12.1. The van der Waals surface area contributed by atoms with Gasteiger partial charge in [0, 0.05) is 23.1 Å². The lowest BCUT2D eigenvalue weighted by molar-refractivity contribution is 0.0983. The molecule has 2 aromatic carbocycles. The number of rotatable bonds is 6. The lowest BCUT2D eigenvalue weighted by atomic mass is 10.0. The molecule has 2 rings (SSSR count). The van der Waals surface area contributed by atoms with Crippen LogP contribution in [0.2, 0.25) is 0 Å². The summed E-state index contributed by atoms with van der Waals surface area (Å²) < 4.78 is 0. The van der Waals surface area contributed by atoms with Crippen molar-refractivity contribution in [2.45, 2.75) is 12.8 Å². The number of ketones is 1. The molecule has 0 amide bonds. The highest BCUT2D eigenvalue weighted by atomic mass is 16.1. The summed E-state index contributed by atoms with van der Waals surface area (Å²) in [4.78, 5) is 12.1. The van der Waals surface area contributed by atoms with Crippen molar-refractivity contribution in [3.63, 3.8) is 0 Å². The van der Waals surface area contributed by atoms with E-state index in [0.29, 0.717) is 29.5 Å². The van der Waals surface area contributed by atoms with Crippen LogP contribution in [0.5, 0.6) is 0 Å². The first-order valence-corrected chi connectivity index (χ1v) is 6.88. The molecule has 2 aromatic rings. The zero-order valence-electron chi connectivity index (χ0n) is 12.1. The van der Waals surface area contributed by atoms with Gasteiger partial charge in [-0.1, -0.05) is 48.5 Å². The van der Waals surface area contributed by atoms with Crippen LogP contribution in [0, 0.1) is 10.8 Å². The molecule has 0 aliphatic carbocycles. The van der Waals surface area contributed by atoms with Gasteiger partial charge in [-0.3, -0.25) is 15.6 Å². The summed E-state index contributed by atoms with van der Waals surface area (Å²) in [5.41, 5.74) is 13.7. The molecule has 0 unspecified atom stereocenters. The number of nitrogen functional groups attached to an aromatic ring is 2. The highest BCUT2D eigenvalue weighted by Crippen LogP contribution is 2.11. The summed E-state index contributed by atoms with van der Waals surface area (Å²) in [7, 11) is 0. The fourth-order valence-electron chi connectivity index (χ4n) is 2.09. The van der Waals surface area contributed by atoms with Gasteiger partial charge < -0.3 is 11.5 Å². The Morgan fingerprint density at radius 2 is 1.18 bits per heavy atom. The van der Waals surface area contributed by atoms with Crippen LogP contribution in [0.4, 0.5) is 0 Å². The molecule has 22 heavy (non-hydrogen) atoms. The molecule has 0 aromatic heterocycles. The SMILES string of the molecule is N=C(N)c1ccc(CCC(=O)c2ccc(C(=N)N)cc2)cc1. The lowest BCUT2D eigenvalue weighted by Gasteiger charge is -2.04. The van der Waals surface area contributed by atoms with Crippen molar-refractivity contribution in [3.05, 3.63) is 70.8 Å². The maximum Gasteiger partial charge on any atom is 0.163 e. The zero-order valence-corrected chi connectivity index (χ0v) is 12.1. The Morgan fingerprint density at radius 3 is 1.64 bits per heavy atom. The van der Waals surface area contributed by atoms with E-state index >= 15 is 0 Å². The Balaban J connectivity index is 1.97. The van der Waals surface area contributed by atoms with Crippen LogP contribution < -0.4 is 11.5 Å². The van der Waals surface area contributed by atoms with Gasteiger partial charge >= 0.3 is 0 Å². The number of benzene rings is 2. The van der Waals surface area contributed by atoms with Gasteiger partial charge in [-0.15, -0.1) is 0 Å². The van der Waals surface area contributed by atoms with E-state index in [1.807, 2.05) is 12.1 Å². The van der Waals surface area contributed by atoms with Crippen LogP contribution in [-0.2, 0) is 6.42 Å². The summed E-state index contributed by atoms with van der Waals surface area (Å²) in [5.74, 6) is 0.0727. The van der Waals surface area contributed by atoms with Gasteiger partial charge in [0.1, 0.15) is 11.7 Å². The van der Waals surface area contributed by atoms with Crippen LogP contribution in [0.15, 0.2) is 48.5 Å². The molecular formula is C17H18N4O. The molecule has 0 fully saturated rings. The lowest BCUT2D eigenvalue weighted by Crippen LogP contribution is -2.11. The Hall–Kier alpha value is -2.95. The van der Waals surface area contributed by atoms with Crippen molar-refractivity contribution in [2.24, 2.45) is 11.5 Å². The van der Waals surface area contributed by atoms with Gasteiger partial charge in [0.15, 0.2) is 5.78 Å². The minimum Gasteiger partial charge on any atom is -0.384 e. The third-order valence-corrected chi connectivity index (χ3v) is 3.42. The number of nitrogens with two attached hydrogens (primary N) is 2. The monoisotopic (exact) mass is 294 g/mol. The topological polar surface area (TPSA) is 117 Å². The zero-order chi connectivity index (χ0) is 16.1. The first-order valence-electron chi connectivity index (χ1n) is 6.88. The van der Waals surface area contributed by atoms with Gasteiger partial charge in [0.05, 0.1) is 0 Å².